The predicted molar refractivity (Wildman–Crippen MR) is 79.2 cm³/mol. The van der Waals surface area contributed by atoms with Crippen molar-refractivity contribution in [2.24, 2.45) is 5.73 Å². The molecule has 0 atom stereocenters. The minimum Gasteiger partial charge on any atom is -0.495 e. The molecule has 0 bridgehead atoms. The van der Waals surface area contributed by atoms with E-state index in [9.17, 15) is 0 Å². The van der Waals surface area contributed by atoms with E-state index in [4.69, 9.17) is 34.3 Å². The highest BCUT2D eigenvalue weighted by Gasteiger charge is 2.08. The Bertz CT molecular complexity index is 620. The monoisotopic (exact) mass is 294 g/mol. The van der Waals surface area contributed by atoms with Gasteiger partial charge in [-0.1, -0.05) is 23.8 Å². The number of anilines is 2. The Morgan fingerprint density at radius 1 is 1.42 bits per heavy atom. The van der Waals surface area contributed by atoms with Gasteiger partial charge in [-0.05, 0) is 24.3 Å². The summed E-state index contributed by atoms with van der Waals surface area (Å²) in [5.41, 5.74) is 6.98. The standard InChI is InChI=1S/C12H11ClN4OS/c1-18-10-3-2-7(6-9(10)13)16-12-8(11(14)19)4-5-15-17-12/h2-6H,1H3,(H2,14,19)(H,16,17). The van der Waals surface area contributed by atoms with Crippen molar-refractivity contribution in [3.05, 3.63) is 41.0 Å². The second-order valence-corrected chi connectivity index (χ2v) is 4.48. The van der Waals surface area contributed by atoms with Gasteiger partial charge in [0.2, 0.25) is 0 Å². The molecule has 0 unspecified atom stereocenters. The lowest BCUT2D eigenvalue weighted by atomic mass is 10.2. The van der Waals surface area contributed by atoms with E-state index in [2.05, 4.69) is 15.5 Å². The molecule has 7 heteroatoms. The Morgan fingerprint density at radius 3 is 2.84 bits per heavy atom. The maximum Gasteiger partial charge on any atom is 0.163 e. The summed E-state index contributed by atoms with van der Waals surface area (Å²) < 4.78 is 5.08. The summed E-state index contributed by atoms with van der Waals surface area (Å²) >= 11 is 11.0. The molecular weight excluding hydrogens is 284 g/mol. The van der Waals surface area contributed by atoms with Crippen molar-refractivity contribution in [3.8, 4) is 5.75 Å². The number of rotatable bonds is 4. The third-order valence-electron chi connectivity index (χ3n) is 2.40. The smallest absolute Gasteiger partial charge is 0.163 e. The SMILES string of the molecule is COc1ccc(Nc2nnccc2C(N)=S)cc1Cl. The first-order chi connectivity index (χ1) is 9.11. The van der Waals surface area contributed by atoms with Crippen LogP contribution in [0.1, 0.15) is 5.56 Å². The minimum absolute atomic E-state index is 0.247. The molecule has 0 aliphatic heterocycles. The zero-order valence-corrected chi connectivity index (χ0v) is 11.6. The lowest BCUT2D eigenvalue weighted by Crippen LogP contribution is -2.13. The van der Waals surface area contributed by atoms with E-state index in [1.165, 1.54) is 6.20 Å². The van der Waals surface area contributed by atoms with Gasteiger partial charge in [-0.3, -0.25) is 0 Å². The van der Waals surface area contributed by atoms with Crippen LogP contribution in [0.15, 0.2) is 30.5 Å². The van der Waals surface area contributed by atoms with Crippen molar-refractivity contribution in [3.63, 3.8) is 0 Å². The molecule has 2 aromatic rings. The van der Waals surface area contributed by atoms with E-state index >= 15 is 0 Å². The number of aromatic nitrogens is 2. The van der Waals surface area contributed by atoms with E-state index in [0.717, 1.165) is 5.69 Å². The summed E-state index contributed by atoms with van der Waals surface area (Å²) in [5, 5.41) is 11.3. The highest BCUT2D eigenvalue weighted by atomic mass is 35.5. The maximum atomic E-state index is 6.05. The maximum absolute atomic E-state index is 6.05. The summed E-state index contributed by atoms with van der Waals surface area (Å²) in [6, 6.07) is 6.98. The topological polar surface area (TPSA) is 73.1 Å². The number of nitrogens with two attached hydrogens (primary N) is 1. The number of nitrogens with zero attached hydrogens (tertiary/aromatic N) is 2. The number of hydrogen-bond acceptors (Lipinski definition) is 5. The third-order valence-corrected chi connectivity index (χ3v) is 2.92. The summed E-state index contributed by atoms with van der Waals surface area (Å²) in [7, 11) is 1.56. The van der Waals surface area contributed by atoms with E-state index in [1.54, 1.807) is 25.3 Å². The number of thiocarbonyl (C=S) groups is 1. The summed E-state index contributed by atoms with van der Waals surface area (Å²) in [4.78, 5) is 0.247. The highest BCUT2D eigenvalue weighted by Crippen LogP contribution is 2.28. The van der Waals surface area contributed by atoms with Crippen LogP contribution in [0.5, 0.6) is 5.75 Å². The molecule has 1 aromatic carbocycles. The first kappa shape index (κ1) is 13.5. The summed E-state index contributed by atoms with van der Waals surface area (Å²) in [6.45, 7) is 0. The van der Waals surface area contributed by atoms with Gasteiger partial charge in [0.25, 0.3) is 0 Å². The molecule has 0 saturated heterocycles. The van der Waals surface area contributed by atoms with E-state index in [0.29, 0.717) is 22.2 Å². The first-order valence-corrected chi connectivity index (χ1v) is 6.12. The van der Waals surface area contributed by atoms with Crippen LogP contribution in [0.25, 0.3) is 0 Å². The van der Waals surface area contributed by atoms with Crippen LogP contribution < -0.4 is 15.8 Å². The largest absolute Gasteiger partial charge is 0.495 e. The molecule has 0 saturated carbocycles. The average Bonchev–Trinajstić information content (AvgIpc) is 2.39. The zero-order chi connectivity index (χ0) is 13.8. The molecule has 19 heavy (non-hydrogen) atoms. The average molecular weight is 295 g/mol. The van der Waals surface area contributed by atoms with Crippen LogP contribution >= 0.6 is 23.8 Å². The van der Waals surface area contributed by atoms with Crippen LogP contribution in [0, 0.1) is 0 Å². The predicted octanol–water partition coefficient (Wildman–Crippen LogP) is 2.52. The van der Waals surface area contributed by atoms with Gasteiger partial charge in [0.05, 0.1) is 23.9 Å². The molecule has 0 fully saturated rings. The van der Waals surface area contributed by atoms with Crippen molar-refractivity contribution in [1.29, 1.82) is 0 Å². The van der Waals surface area contributed by atoms with Crippen LogP contribution in [0.2, 0.25) is 5.02 Å². The Kier molecular flexibility index (Phi) is 4.13. The molecule has 5 nitrogen and oxygen atoms in total. The van der Waals surface area contributed by atoms with Crippen molar-refractivity contribution in [1.82, 2.24) is 10.2 Å². The van der Waals surface area contributed by atoms with E-state index in [1.807, 2.05) is 6.07 Å². The number of benzene rings is 1. The van der Waals surface area contributed by atoms with Crippen molar-refractivity contribution in [2.45, 2.75) is 0 Å². The van der Waals surface area contributed by atoms with Gasteiger partial charge in [0.15, 0.2) is 5.82 Å². The molecular formula is C12H11ClN4OS. The quantitative estimate of drug-likeness (QED) is 0.844. The number of halogens is 1. The van der Waals surface area contributed by atoms with Crippen molar-refractivity contribution in [2.75, 3.05) is 12.4 Å². The Hall–Kier alpha value is -1.92. The second kappa shape index (κ2) is 5.81. The van der Waals surface area contributed by atoms with Crippen LogP contribution in [0.3, 0.4) is 0 Å². The first-order valence-electron chi connectivity index (χ1n) is 5.34. The Balaban J connectivity index is 2.31. The fourth-order valence-corrected chi connectivity index (χ4v) is 1.93. The second-order valence-electron chi connectivity index (χ2n) is 3.63. The normalized spacial score (nSPS) is 10.0. The van der Waals surface area contributed by atoms with Crippen molar-refractivity contribution >= 4 is 40.3 Å². The molecule has 2 rings (SSSR count). The highest BCUT2D eigenvalue weighted by molar-refractivity contribution is 7.80. The van der Waals surface area contributed by atoms with Gasteiger partial charge >= 0.3 is 0 Å². The third kappa shape index (κ3) is 3.10. The van der Waals surface area contributed by atoms with Gasteiger partial charge in [0, 0.05) is 5.69 Å². The van der Waals surface area contributed by atoms with Crippen LogP contribution in [-0.4, -0.2) is 22.3 Å². The molecule has 0 aliphatic carbocycles. The van der Waals surface area contributed by atoms with E-state index < -0.39 is 0 Å². The zero-order valence-electron chi connectivity index (χ0n) is 10.1. The fourth-order valence-electron chi connectivity index (χ4n) is 1.50. The molecule has 0 aliphatic rings. The number of ether oxygens (including phenoxy) is 1. The van der Waals surface area contributed by atoms with Crippen molar-refractivity contribution < 1.29 is 4.74 Å². The number of methoxy groups -OCH3 is 1. The molecule has 1 aromatic heterocycles. The van der Waals surface area contributed by atoms with Gasteiger partial charge in [0.1, 0.15) is 10.7 Å². The lowest BCUT2D eigenvalue weighted by molar-refractivity contribution is 0.415. The number of nitrogens with one attached hydrogen (secondary N) is 1. The molecule has 0 amide bonds. The molecule has 3 N–H and O–H groups in total. The molecule has 98 valence electrons. The number of hydrogen-bond donors (Lipinski definition) is 2. The van der Waals surface area contributed by atoms with Gasteiger partial charge in [-0.25, -0.2) is 0 Å². The Labute approximate surface area is 120 Å². The minimum atomic E-state index is 0.247. The van der Waals surface area contributed by atoms with Gasteiger partial charge < -0.3 is 15.8 Å². The van der Waals surface area contributed by atoms with E-state index in [-0.39, 0.29) is 4.99 Å². The summed E-state index contributed by atoms with van der Waals surface area (Å²) in [5.74, 6) is 1.08. The van der Waals surface area contributed by atoms with Crippen LogP contribution in [0.4, 0.5) is 11.5 Å². The molecule has 0 radical (unpaired) electrons. The van der Waals surface area contributed by atoms with Crippen LogP contribution in [-0.2, 0) is 0 Å². The molecule has 1 heterocycles. The lowest BCUT2D eigenvalue weighted by Gasteiger charge is -2.10. The van der Waals surface area contributed by atoms with Gasteiger partial charge in [-0.2, -0.15) is 5.10 Å². The molecule has 0 spiro atoms. The fraction of sp³-hybridized carbons (Fsp3) is 0.0833. The summed E-state index contributed by atoms with van der Waals surface area (Å²) in [6.07, 6.45) is 1.53. The van der Waals surface area contributed by atoms with Gasteiger partial charge in [-0.15, -0.1) is 5.10 Å². The Morgan fingerprint density at radius 2 is 2.21 bits per heavy atom.